The van der Waals surface area contributed by atoms with Crippen LogP contribution >= 0.6 is 0 Å². The van der Waals surface area contributed by atoms with Crippen molar-refractivity contribution < 1.29 is 18.0 Å². The highest BCUT2D eigenvalue weighted by atomic mass is 32.2. The maximum absolute atomic E-state index is 13.4. The quantitative estimate of drug-likeness (QED) is 0.451. The summed E-state index contributed by atoms with van der Waals surface area (Å²) in [6, 6.07) is 12.9. The number of carbonyl (C=O) groups is 2. The highest BCUT2D eigenvalue weighted by molar-refractivity contribution is 7.92. The van der Waals surface area contributed by atoms with Gasteiger partial charge in [0.15, 0.2) is 0 Å². The Labute approximate surface area is 216 Å². The van der Waals surface area contributed by atoms with E-state index in [0.29, 0.717) is 18.7 Å². The molecule has 0 aliphatic rings. The van der Waals surface area contributed by atoms with E-state index in [1.54, 1.807) is 11.8 Å². The Morgan fingerprint density at radius 3 is 2.28 bits per heavy atom. The largest absolute Gasteiger partial charge is 0.352 e. The molecule has 0 heterocycles. The lowest BCUT2D eigenvalue weighted by atomic mass is 10.1. The van der Waals surface area contributed by atoms with Crippen LogP contribution in [0.1, 0.15) is 62.3 Å². The summed E-state index contributed by atoms with van der Waals surface area (Å²) >= 11 is 0. The van der Waals surface area contributed by atoms with Crippen LogP contribution < -0.4 is 9.62 Å². The highest BCUT2D eigenvalue weighted by Gasteiger charge is 2.27. The standard InChI is InChI=1S/C28H41N3O4S/c1-8-23(5)29-28(33)24(6)30(19-25-12-9-11-20(2)17-25)27(32)13-10-16-31(36(7,34)35)26-18-21(3)14-15-22(26)4/h9,11-12,14-15,17-18,23-24H,8,10,13,16,19H2,1-7H3,(H,29,33). The van der Waals surface area contributed by atoms with Gasteiger partial charge in [0.05, 0.1) is 11.9 Å². The second-order valence-corrected chi connectivity index (χ2v) is 11.6. The summed E-state index contributed by atoms with van der Waals surface area (Å²) in [6.45, 7) is 11.9. The van der Waals surface area contributed by atoms with Crippen molar-refractivity contribution in [3.63, 3.8) is 0 Å². The molecule has 2 rings (SSSR count). The number of aryl methyl sites for hydroxylation is 3. The van der Waals surface area contributed by atoms with Crippen LogP contribution in [0.3, 0.4) is 0 Å². The lowest BCUT2D eigenvalue weighted by molar-refractivity contribution is -0.140. The van der Waals surface area contributed by atoms with Crippen LogP contribution in [0, 0.1) is 20.8 Å². The molecule has 198 valence electrons. The fraction of sp³-hybridized carbons (Fsp3) is 0.500. The van der Waals surface area contributed by atoms with Gasteiger partial charge in [-0.25, -0.2) is 8.42 Å². The van der Waals surface area contributed by atoms with Crippen molar-refractivity contribution in [2.45, 2.75) is 79.4 Å². The molecule has 2 aromatic carbocycles. The van der Waals surface area contributed by atoms with Gasteiger partial charge in [0.1, 0.15) is 6.04 Å². The molecule has 0 aliphatic carbocycles. The Morgan fingerprint density at radius 1 is 1.00 bits per heavy atom. The van der Waals surface area contributed by atoms with Crippen LogP contribution in [0.2, 0.25) is 0 Å². The minimum absolute atomic E-state index is 0.0109. The maximum atomic E-state index is 13.4. The van der Waals surface area contributed by atoms with Crippen molar-refractivity contribution in [3.05, 3.63) is 64.7 Å². The van der Waals surface area contributed by atoms with Crippen molar-refractivity contribution in [2.24, 2.45) is 0 Å². The SMILES string of the molecule is CCC(C)NC(=O)C(C)N(Cc1cccc(C)c1)C(=O)CCCN(c1cc(C)ccc1C)S(C)(=O)=O. The number of nitrogens with zero attached hydrogens (tertiary/aromatic N) is 2. The lowest BCUT2D eigenvalue weighted by Gasteiger charge is -2.30. The molecule has 2 aromatic rings. The molecule has 7 nitrogen and oxygen atoms in total. The molecule has 0 aromatic heterocycles. The van der Waals surface area contributed by atoms with Gasteiger partial charge in [-0.05, 0) is 70.2 Å². The molecule has 2 unspecified atom stereocenters. The molecule has 0 spiro atoms. The third-order valence-electron chi connectivity index (χ3n) is 6.39. The number of rotatable bonds is 12. The molecule has 0 radical (unpaired) electrons. The van der Waals surface area contributed by atoms with Gasteiger partial charge in [-0.2, -0.15) is 0 Å². The molecule has 0 saturated carbocycles. The fourth-order valence-electron chi connectivity index (χ4n) is 4.03. The third-order valence-corrected chi connectivity index (χ3v) is 7.57. The van der Waals surface area contributed by atoms with Crippen LogP contribution in [0.5, 0.6) is 0 Å². The van der Waals surface area contributed by atoms with Crippen molar-refractivity contribution in [1.29, 1.82) is 0 Å². The van der Waals surface area contributed by atoms with E-state index < -0.39 is 16.1 Å². The summed E-state index contributed by atoms with van der Waals surface area (Å²) in [5.74, 6) is -0.378. The van der Waals surface area contributed by atoms with Crippen LogP contribution in [-0.2, 0) is 26.2 Å². The first-order valence-corrected chi connectivity index (χ1v) is 14.4. The minimum Gasteiger partial charge on any atom is -0.352 e. The predicted octanol–water partition coefficient (Wildman–Crippen LogP) is 4.49. The molecule has 1 N–H and O–H groups in total. The third kappa shape index (κ3) is 8.36. The van der Waals surface area contributed by atoms with Gasteiger partial charge in [-0.3, -0.25) is 13.9 Å². The molecule has 0 fully saturated rings. The monoisotopic (exact) mass is 515 g/mol. The molecule has 36 heavy (non-hydrogen) atoms. The molecule has 0 saturated heterocycles. The summed E-state index contributed by atoms with van der Waals surface area (Å²) in [4.78, 5) is 27.9. The summed E-state index contributed by atoms with van der Waals surface area (Å²) < 4.78 is 26.5. The maximum Gasteiger partial charge on any atom is 0.242 e. The molecule has 8 heteroatoms. The topological polar surface area (TPSA) is 86.8 Å². The highest BCUT2D eigenvalue weighted by Crippen LogP contribution is 2.24. The van der Waals surface area contributed by atoms with Gasteiger partial charge in [0, 0.05) is 25.6 Å². The Hall–Kier alpha value is -2.87. The molecule has 2 atom stereocenters. The Bertz CT molecular complexity index is 1160. The van der Waals surface area contributed by atoms with E-state index in [0.717, 1.165) is 28.7 Å². The number of hydrogen-bond donors (Lipinski definition) is 1. The van der Waals surface area contributed by atoms with E-state index in [1.807, 2.05) is 77.1 Å². The second-order valence-electron chi connectivity index (χ2n) is 9.73. The van der Waals surface area contributed by atoms with Crippen molar-refractivity contribution in [2.75, 3.05) is 17.1 Å². The van der Waals surface area contributed by atoms with Gasteiger partial charge in [-0.15, -0.1) is 0 Å². The van der Waals surface area contributed by atoms with Crippen molar-refractivity contribution in [3.8, 4) is 0 Å². The first-order valence-electron chi connectivity index (χ1n) is 12.5. The number of carbonyl (C=O) groups excluding carboxylic acids is 2. The number of benzene rings is 2. The average Bonchev–Trinajstić information content (AvgIpc) is 2.80. The van der Waals surface area contributed by atoms with Gasteiger partial charge >= 0.3 is 0 Å². The normalized spacial score (nSPS) is 13.1. The van der Waals surface area contributed by atoms with E-state index in [2.05, 4.69) is 5.32 Å². The zero-order valence-electron chi connectivity index (χ0n) is 22.7. The van der Waals surface area contributed by atoms with E-state index in [-0.39, 0.29) is 30.8 Å². The first kappa shape index (κ1) is 29.4. The summed E-state index contributed by atoms with van der Waals surface area (Å²) in [5, 5.41) is 2.97. The molecule has 0 aliphatic heterocycles. The molecular formula is C28H41N3O4S. The van der Waals surface area contributed by atoms with Crippen LogP contribution in [0.4, 0.5) is 5.69 Å². The van der Waals surface area contributed by atoms with E-state index >= 15 is 0 Å². The number of nitrogens with one attached hydrogen (secondary N) is 1. The molecule has 0 bridgehead atoms. The second kappa shape index (κ2) is 12.9. The van der Waals surface area contributed by atoms with Gasteiger partial charge in [0.25, 0.3) is 0 Å². The lowest BCUT2D eigenvalue weighted by Crippen LogP contribution is -2.49. The predicted molar refractivity (Wildman–Crippen MR) is 146 cm³/mol. The molecular weight excluding hydrogens is 474 g/mol. The zero-order valence-corrected chi connectivity index (χ0v) is 23.5. The van der Waals surface area contributed by atoms with Gasteiger partial charge in [0.2, 0.25) is 21.8 Å². The van der Waals surface area contributed by atoms with Crippen molar-refractivity contribution in [1.82, 2.24) is 10.2 Å². The van der Waals surface area contributed by atoms with Crippen molar-refractivity contribution >= 4 is 27.5 Å². The van der Waals surface area contributed by atoms with Crippen LogP contribution in [0.15, 0.2) is 42.5 Å². The number of anilines is 1. The Morgan fingerprint density at radius 2 is 1.67 bits per heavy atom. The number of sulfonamides is 1. The summed E-state index contributed by atoms with van der Waals surface area (Å²) in [5.41, 5.74) is 4.47. The van der Waals surface area contributed by atoms with Crippen LogP contribution in [-0.4, -0.2) is 50.0 Å². The zero-order chi connectivity index (χ0) is 27.0. The smallest absolute Gasteiger partial charge is 0.242 e. The van der Waals surface area contributed by atoms with E-state index in [4.69, 9.17) is 0 Å². The van der Waals surface area contributed by atoms with Gasteiger partial charge < -0.3 is 10.2 Å². The Kier molecular flexibility index (Phi) is 10.5. The summed E-state index contributed by atoms with van der Waals surface area (Å²) in [7, 11) is -3.53. The van der Waals surface area contributed by atoms with E-state index in [9.17, 15) is 18.0 Å². The number of hydrogen-bond acceptors (Lipinski definition) is 4. The molecule has 2 amide bonds. The summed E-state index contributed by atoms with van der Waals surface area (Å²) in [6.07, 6.45) is 2.44. The minimum atomic E-state index is -3.53. The van der Waals surface area contributed by atoms with Crippen LogP contribution in [0.25, 0.3) is 0 Å². The average molecular weight is 516 g/mol. The number of amides is 2. The Balaban J connectivity index is 2.21. The van der Waals surface area contributed by atoms with Gasteiger partial charge in [-0.1, -0.05) is 48.9 Å². The fourth-order valence-corrected chi connectivity index (χ4v) is 5.04. The first-order chi connectivity index (χ1) is 16.8. The van der Waals surface area contributed by atoms with E-state index in [1.165, 1.54) is 10.6 Å².